The van der Waals surface area contributed by atoms with Gasteiger partial charge < -0.3 is 16.4 Å². The fraction of sp³-hybridized carbons (Fsp3) is 0.375. The summed E-state index contributed by atoms with van der Waals surface area (Å²) in [5.74, 6) is 1.19. The Morgan fingerprint density at radius 1 is 1.23 bits per heavy atom. The quantitative estimate of drug-likeness (QED) is 0.890. The number of hydrogen-bond acceptors (Lipinski definition) is 5. The minimum absolute atomic E-state index is 0.0903. The van der Waals surface area contributed by atoms with E-state index >= 15 is 0 Å². The van der Waals surface area contributed by atoms with E-state index < -0.39 is 0 Å². The molecule has 1 aliphatic rings. The van der Waals surface area contributed by atoms with E-state index in [-0.39, 0.29) is 5.54 Å². The van der Waals surface area contributed by atoms with Crippen LogP contribution in [0.5, 0.6) is 0 Å². The van der Waals surface area contributed by atoms with Crippen molar-refractivity contribution in [3.05, 3.63) is 35.5 Å². The zero-order chi connectivity index (χ0) is 15.7. The monoisotopic (exact) mass is 317 g/mol. The minimum atomic E-state index is -0.0903. The van der Waals surface area contributed by atoms with Gasteiger partial charge in [-0.05, 0) is 25.8 Å². The lowest BCUT2D eigenvalue weighted by molar-refractivity contribution is 0.363. The molecule has 3 rings (SSSR count). The Morgan fingerprint density at radius 3 is 2.55 bits per heavy atom. The summed E-state index contributed by atoms with van der Waals surface area (Å²) >= 11 is 6.20. The molecule has 1 aliphatic heterocycles. The van der Waals surface area contributed by atoms with Crippen molar-refractivity contribution >= 4 is 23.2 Å². The largest absolute Gasteiger partial charge is 0.382 e. The average molecular weight is 318 g/mol. The lowest BCUT2D eigenvalue weighted by Gasteiger charge is -2.37. The zero-order valence-corrected chi connectivity index (χ0v) is 13.3. The van der Waals surface area contributed by atoms with Gasteiger partial charge in [-0.25, -0.2) is 9.97 Å². The molecule has 2 heterocycles. The number of rotatable bonds is 2. The third-order valence-corrected chi connectivity index (χ3v) is 4.47. The molecule has 0 amide bonds. The summed E-state index contributed by atoms with van der Waals surface area (Å²) in [5.41, 5.74) is 13.6. The van der Waals surface area contributed by atoms with Crippen molar-refractivity contribution in [1.82, 2.24) is 9.97 Å². The molecule has 0 unspecified atom stereocenters. The molecular weight excluding hydrogens is 298 g/mol. The van der Waals surface area contributed by atoms with E-state index in [1.807, 2.05) is 24.3 Å². The molecule has 0 radical (unpaired) electrons. The van der Waals surface area contributed by atoms with Gasteiger partial charge in [0.2, 0.25) is 0 Å². The van der Waals surface area contributed by atoms with E-state index in [1.54, 1.807) is 6.20 Å². The molecule has 0 aliphatic carbocycles. The highest BCUT2D eigenvalue weighted by molar-refractivity contribution is 6.33. The second kappa shape index (κ2) is 5.74. The Hall–Kier alpha value is -1.85. The molecule has 1 saturated heterocycles. The van der Waals surface area contributed by atoms with Crippen LogP contribution >= 0.6 is 11.6 Å². The van der Waals surface area contributed by atoms with Crippen molar-refractivity contribution in [2.24, 2.45) is 5.73 Å². The molecule has 0 spiro atoms. The number of aromatic nitrogens is 2. The van der Waals surface area contributed by atoms with Gasteiger partial charge in [0, 0.05) is 24.2 Å². The predicted octanol–water partition coefficient (Wildman–Crippen LogP) is 2.70. The van der Waals surface area contributed by atoms with Crippen LogP contribution in [0.4, 0.5) is 11.6 Å². The summed E-state index contributed by atoms with van der Waals surface area (Å²) in [5, 5.41) is 0.619. The average Bonchev–Trinajstić information content (AvgIpc) is 2.48. The molecule has 2 aromatic rings. The van der Waals surface area contributed by atoms with Crippen LogP contribution in [-0.4, -0.2) is 28.6 Å². The molecule has 0 atom stereocenters. The molecule has 0 bridgehead atoms. The second-order valence-electron chi connectivity index (χ2n) is 6.08. The number of piperidine rings is 1. The normalized spacial score (nSPS) is 17.5. The molecule has 5 nitrogen and oxygen atoms in total. The summed E-state index contributed by atoms with van der Waals surface area (Å²) in [6.07, 6.45) is 3.62. The Morgan fingerprint density at radius 2 is 1.91 bits per heavy atom. The summed E-state index contributed by atoms with van der Waals surface area (Å²) in [7, 11) is 0. The van der Waals surface area contributed by atoms with Crippen LogP contribution in [0.2, 0.25) is 5.02 Å². The molecule has 1 aromatic carbocycles. The van der Waals surface area contributed by atoms with Crippen molar-refractivity contribution in [1.29, 1.82) is 0 Å². The number of benzene rings is 1. The number of halogens is 1. The van der Waals surface area contributed by atoms with E-state index in [4.69, 9.17) is 23.1 Å². The number of anilines is 2. The van der Waals surface area contributed by atoms with Gasteiger partial charge in [0.15, 0.2) is 5.82 Å². The summed E-state index contributed by atoms with van der Waals surface area (Å²) < 4.78 is 0. The first-order valence-corrected chi connectivity index (χ1v) is 7.75. The molecule has 4 N–H and O–H groups in total. The Balaban J connectivity index is 1.86. The van der Waals surface area contributed by atoms with Gasteiger partial charge >= 0.3 is 0 Å². The summed E-state index contributed by atoms with van der Waals surface area (Å²) in [6.45, 7) is 3.82. The predicted molar refractivity (Wildman–Crippen MR) is 90.9 cm³/mol. The maximum Gasteiger partial charge on any atom is 0.152 e. The van der Waals surface area contributed by atoms with Gasteiger partial charge in [-0.15, -0.1) is 0 Å². The number of nitrogen functional groups attached to an aromatic ring is 1. The lowest BCUT2D eigenvalue weighted by Crippen LogP contribution is -2.48. The standard InChI is InChI=1S/C16H20ClN5/c1-16(19)6-8-22(9-7-16)13-10-20-14(15(18)21-13)11-4-2-3-5-12(11)17/h2-5,10H,6-9,19H2,1H3,(H2,18,21). The smallest absolute Gasteiger partial charge is 0.152 e. The first-order chi connectivity index (χ1) is 10.5. The maximum atomic E-state index is 6.20. The van der Waals surface area contributed by atoms with E-state index in [2.05, 4.69) is 21.8 Å². The van der Waals surface area contributed by atoms with Crippen LogP contribution in [0.25, 0.3) is 11.3 Å². The van der Waals surface area contributed by atoms with Crippen molar-refractivity contribution in [2.45, 2.75) is 25.3 Å². The van der Waals surface area contributed by atoms with Crippen LogP contribution in [-0.2, 0) is 0 Å². The van der Waals surface area contributed by atoms with Gasteiger partial charge in [0.05, 0.1) is 11.2 Å². The minimum Gasteiger partial charge on any atom is -0.382 e. The first kappa shape index (κ1) is 15.1. The van der Waals surface area contributed by atoms with Crippen molar-refractivity contribution < 1.29 is 0 Å². The molecule has 0 saturated carbocycles. The topological polar surface area (TPSA) is 81.1 Å². The molecule has 116 valence electrons. The van der Waals surface area contributed by atoms with Gasteiger partial charge in [0.25, 0.3) is 0 Å². The van der Waals surface area contributed by atoms with Gasteiger partial charge in [-0.1, -0.05) is 29.8 Å². The van der Waals surface area contributed by atoms with Crippen molar-refractivity contribution in [3.63, 3.8) is 0 Å². The second-order valence-corrected chi connectivity index (χ2v) is 6.49. The summed E-state index contributed by atoms with van der Waals surface area (Å²) in [6, 6.07) is 7.49. The number of nitrogens with two attached hydrogens (primary N) is 2. The lowest BCUT2D eigenvalue weighted by atomic mass is 9.91. The van der Waals surface area contributed by atoms with Crippen LogP contribution < -0.4 is 16.4 Å². The zero-order valence-electron chi connectivity index (χ0n) is 12.6. The highest BCUT2D eigenvalue weighted by atomic mass is 35.5. The van der Waals surface area contributed by atoms with Crippen LogP contribution in [0, 0.1) is 0 Å². The van der Waals surface area contributed by atoms with E-state index in [0.29, 0.717) is 16.5 Å². The van der Waals surface area contributed by atoms with Crippen LogP contribution in [0.1, 0.15) is 19.8 Å². The Kier molecular flexibility index (Phi) is 3.93. The molecule has 1 fully saturated rings. The van der Waals surface area contributed by atoms with Crippen LogP contribution in [0.15, 0.2) is 30.5 Å². The molecule has 1 aromatic heterocycles. The molecular formula is C16H20ClN5. The van der Waals surface area contributed by atoms with Gasteiger partial charge in [0.1, 0.15) is 11.5 Å². The Bertz CT molecular complexity index is 676. The SMILES string of the molecule is CC1(N)CCN(c2cnc(-c3ccccc3Cl)c(N)n2)CC1. The fourth-order valence-corrected chi connectivity index (χ4v) is 2.88. The maximum absolute atomic E-state index is 6.20. The number of hydrogen-bond donors (Lipinski definition) is 2. The van der Waals surface area contributed by atoms with Crippen LogP contribution in [0.3, 0.4) is 0 Å². The fourth-order valence-electron chi connectivity index (χ4n) is 2.65. The third kappa shape index (κ3) is 3.00. The molecule has 6 heteroatoms. The first-order valence-electron chi connectivity index (χ1n) is 7.37. The highest BCUT2D eigenvalue weighted by Gasteiger charge is 2.27. The molecule has 22 heavy (non-hydrogen) atoms. The van der Waals surface area contributed by atoms with Crippen molar-refractivity contribution in [3.8, 4) is 11.3 Å². The van der Waals surface area contributed by atoms with Gasteiger partial charge in [-0.2, -0.15) is 0 Å². The third-order valence-electron chi connectivity index (χ3n) is 4.15. The van der Waals surface area contributed by atoms with Gasteiger partial charge in [-0.3, -0.25) is 0 Å². The van der Waals surface area contributed by atoms with E-state index in [0.717, 1.165) is 37.3 Å². The highest BCUT2D eigenvalue weighted by Crippen LogP contribution is 2.31. The van der Waals surface area contributed by atoms with E-state index in [1.165, 1.54) is 0 Å². The van der Waals surface area contributed by atoms with Crippen molar-refractivity contribution in [2.75, 3.05) is 23.7 Å². The summed E-state index contributed by atoms with van der Waals surface area (Å²) in [4.78, 5) is 11.2. The Labute approximate surface area is 135 Å². The van der Waals surface area contributed by atoms with E-state index in [9.17, 15) is 0 Å². The number of nitrogens with zero attached hydrogens (tertiary/aromatic N) is 3.